The van der Waals surface area contributed by atoms with E-state index in [2.05, 4.69) is 83.6 Å². The van der Waals surface area contributed by atoms with Crippen LogP contribution in [-0.2, 0) is 13.2 Å². The predicted molar refractivity (Wildman–Crippen MR) is 115 cm³/mol. The maximum absolute atomic E-state index is 5.99. The molecule has 0 bridgehead atoms. The highest BCUT2D eigenvalue weighted by Gasteiger charge is 2.11. The lowest BCUT2D eigenvalue weighted by molar-refractivity contribution is 0.284. The number of ether oxygens (including phenoxy) is 2. The monoisotopic (exact) mass is 425 g/mol. The summed E-state index contributed by atoms with van der Waals surface area (Å²) in [4.78, 5) is 0. The quantitative estimate of drug-likeness (QED) is 0.483. The number of hydrogen-bond acceptors (Lipinski definition) is 3. The zero-order valence-corrected chi connectivity index (χ0v) is 17.5. The zero-order chi connectivity index (χ0) is 19.2. The van der Waals surface area contributed by atoms with Crippen molar-refractivity contribution in [2.75, 3.05) is 12.4 Å². The highest BCUT2D eigenvalue weighted by molar-refractivity contribution is 9.10. The summed E-state index contributed by atoms with van der Waals surface area (Å²) >= 11 is 3.66. The van der Waals surface area contributed by atoms with E-state index in [-0.39, 0.29) is 0 Å². The van der Waals surface area contributed by atoms with Gasteiger partial charge >= 0.3 is 0 Å². The number of aryl methyl sites for hydroxylation is 2. The van der Waals surface area contributed by atoms with Gasteiger partial charge in [0, 0.05) is 16.7 Å². The Morgan fingerprint density at radius 3 is 2.11 bits per heavy atom. The molecule has 0 aliphatic heterocycles. The Morgan fingerprint density at radius 1 is 0.852 bits per heavy atom. The molecule has 0 unspecified atom stereocenters. The SMILES string of the molecule is COc1cc(CNc2ccc(C)cc2)c(Br)cc1OCc1ccc(C)cc1. The molecule has 0 saturated carbocycles. The van der Waals surface area contributed by atoms with Crippen LogP contribution in [0, 0.1) is 13.8 Å². The molecule has 3 aromatic carbocycles. The van der Waals surface area contributed by atoms with E-state index in [0.29, 0.717) is 13.2 Å². The highest BCUT2D eigenvalue weighted by atomic mass is 79.9. The van der Waals surface area contributed by atoms with E-state index in [9.17, 15) is 0 Å². The molecule has 0 radical (unpaired) electrons. The lowest BCUT2D eigenvalue weighted by Gasteiger charge is -2.15. The van der Waals surface area contributed by atoms with Crippen molar-refractivity contribution in [2.24, 2.45) is 0 Å². The van der Waals surface area contributed by atoms with Crippen LogP contribution in [0.2, 0.25) is 0 Å². The molecule has 27 heavy (non-hydrogen) atoms. The molecular formula is C23H24BrNO2. The number of anilines is 1. The molecule has 140 valence electrons. The smallest absolute Gasteiger partial charge is 0.162 e. The van der Waals surface area contributed by atoms with Crippen LogP contribution in [0.4, 0.5) is 5.69 Å². The van der Waals surface area contributed by atoms with Gasteiger partial charge in [-0.1, -0.05) is 63.5 Å². The molecule has 0 saturated heterocycles. The molecule has 0 aliphatic rings. The second-order valence-electron chi connectivity index (χ2n) is 6.59. The third kappa shape index (κ3) is 5.27. The molecule has 0 amide bonds. The van der Waals surface area contributed by atoms with Crippen molar-refractivity contribution in [2.45, 2.75) is 27.0 Å². The van der Waals surface area contributed by atoms with Gasteiger partial charge in [0.2, 0.25) is 0 Å². The fourth-order valence-electron chi connectivity index (χ4n) is 2.70. The minimum Gasteiger partial charge on any atom is -0.493 e. The minimum atomic E-state index is 0.504. The minimum absolute atomic E-state index is 0.504. The second kappa shape index (κ2) is 8.96. The molecule has 3 aromatic rings. The fraction of sp³-hybridized carbons (Fsp3) is 0.217. The van der Waals surface area contributed by atoms with Crippen molar-refractivity contribution in [1.82, 2.24) is 0 Å². The summed E-state index contributed by atoms with van der Waals surface area (Å²) in [6.07, 6.45) is 0. The van der Waals surface area contributed by atoms with E-state index in [1.807, 2.05) is 12.1 Å². The molecular weight excluding hydrogens is 402 g/mol. The predicted octanol–water partition coefficient (Wildman–Crippen LogP) is 6.27. The van der Waals surface area contributed by atoms with Gasteiger partial charge in [-0.05, 0) is 49.2 Å². The molecule has 0 heterocycles. The first kappa shape index (κ1) is 19.3. The molecule has 0 aromatic heterocycles. The van der Waals surface area contributed by atoms with Crippen molar-refractivity contribution in [3.05, 3.63) is 87.4 Å². The van der Waals surface area contributed by atoms with Crippen molar-refractivity contribution < 1.29 is 9.47 Å². The second-order valence-corrected chi connectivity index (χ2v) is 7.44. The number of halogens is 1. The first-order valence-corrected chi connectivity index (χ1v) is 9.70. The Morgan fingerprint density at radius 2 is 1.48 bits per heavy atom. The largest absolute Gasteiger partial charge is 0.493 e. The number of hydrogen-bond donors (Lipinski definition) is 1. The summed E-state index contributed by atoms with van der Waals surface area (Å²) in [6.45, 7) is 5.36. The van der Waals surface area contributed by atoms with Gasteiger partial charge in [0.25, 0.3) is 0 Å². The van der Waals surface area contributed by atoms with Crippen LogP contribution in [0.1, 0.15) is 22.3 Å². The van der Waals surface area contributed by atoms with Crippen LogP contribution in [0.25, 0.3) is 0 Å². The number of methoxy groups -OCH3 is 1. The Bertz CT molecular complexity index is 890. The van der Waals surface area contributed by atoms with Crippen molar-refractivity contribution in [3.8, 4) is 11.5 Å². The number of benzene rings is 3. The van der Waals surface area contributed by atoms with Gasteiger partial charge in [-0.15, -0.1) is 0 Å². The number of rotatable bonds is 7. The maximum atomic E-state index is 5.99. The third-order valence-electron chi connectivity index (χ3n) is 4.38. The molecule has 0 spiro atoms. The Labute approximate surface area is 169 Å². The van der Waals surface area contributed by atoms with E-state index in [1.165, 1.54) is 11.1 Å². The molecule has 3 nitrogen and oxygen atoms in total. The van der Waals surface area contributed by atoms with Gasteiger partial charge in [0.15, 0.2) is 11.5 Å². The van der Waals surface area contributed by atoms with Crippen LogP contribution >= 0.6 is 15.9 Å². The van der Waals surface area contributed by atoms with Gasteiger partial charge in [-0.25, -0.2) is 0 Å². The first-order valence-electron chi connectivity index (χ1n) is 8.90. The average Bonchev–Trinajstić information content (AvgIpc) is 2.68. The molecule has 1 N–H and O–H groups in total. The molecule has 0 atom stereocenters. The van der Waals surface area contributed by atoms with E-state index in [1.54, 1.807) is 7.11 Å². The van der Waals surface area contributed by atoms with Gasteiger partial charge in [0.05, 0.1) is 7.11 Å². The van der Waals surface area contributed by atoms with Crippen molar-refractivity contribution in [1.29, 1.82) is 0 Å². The van der Waals surface area contributed by atoms with Crippen LogP contribution in [-0.4, -0.2) is 7.11 Å². The average molecular weight is 426 g/mol. The normalized spacial score (nSPS) is 10.5. The van der Waals surface area contributed by atoms with Crippen LogP contribution in [0.5, 0.6) is 11.5 Å². The third-order valence-corrected chi connectivity index (χ3v) is 5.12. The van der Waals surface area contributed by atoms with Gasteiger partial charge < -0.3 is 14.8 Å². The zero-order valence-electron chi connectivity index (χ0n) is 15.9. The number of nitrogens with one attached hydrogen (secondary N) is 1. The van der Waals surface area contributed by atoms with E-state index in [0.717, 1.165) is 32.8 Å². The maximum Gasteiger partial charge on any atom is 0.162 e. The summed E-state index contributed by atoms with van der Waals surface area (Å²) < 4.78 is 12.5. The molecule has 3 rings (SSSR count). The molecule has 4 heteroatoms. The van der Waals surface area contributed by atoms with Crippen molar-refractivity contribution in [3.63, 3.8) is 0 Å². The van der Waals surface area contributed by atoms with E-state index >= 15 is 0 Å². The molecule has 0 aliphatic carbocycles. The summed E-state index contributed by atoms with van der Waals surface area (Å²) in [5.41, 5.74) is 5.81. The van der Waals surface area contributed by atoms with E-state index in [4.69, 9.17) is 9.47 Å². The highest BCUT2D eigenvalue weighted by Crippen LogP contribution is 2.34. The Kier molecular flexibility index (Phi) is 6.40. The fourth-order valence-corrected chi connectivity index (χ4v) is 3.16. The summed E-state index contributed by atoms with van der Waals surface area (Å²) in [6, 6.07) is 20.7. The Hall–Kier alpha value is -2.46. The lowest BCUT2D eigenvalue weighted by Crippen LogP contribution is -2.03. The standard InChI is InChI=1S/C23H24BrNO2/c1-16-4-8-18(9-5-16)15-27-23-13-21(24)19(12-22(23)26-3)14-25-20-10-6-17(2)7-11-20/h4-13,25H,14-15H2,1-3H3. The molecule has 0 fully saturated rings. The summed E-state index contributed by atoms with van der Waals surface area (Å²) in [5.74, 6) is 1.45. The van der Waals surface area contributed by atoms with Crippen LogP contribution in [0.3, 0.4) is 0 Å². The van der Waals surface area contributed by atoms with E-state index < -0.39 is 0 Å². The summed E-state index contributed by atoms with van der Waals surface area (Å²) in [5, 5.41) is 3.44. The summed E-state index contributed by atoms with van der Waals surface area (Å²) in [7, 11) is 1.67. The Balaban J connectivity index is 1.70. The van der Waals surface area contributed by atoms with Gasteiger partial charge in [-0.2, -0.15) is 0 Å². The first-order chi connectivity index (χ1) is 13.0. The van der Waals surface area contributed by atoms with Gasteiger partial charge in [-0.3, -0.25) is 0 Å². The lowest BCUT2D eigenvalue weighted by atomic mass is 10.1. The van der Waals surface area contributed by atoms with Crippen LogP contribution < -0.4 is 14.8 Å². The van der Waals surface area contributed by atoms with Gasteiger partial charge in [0.1, 0.15) is 6.61 Å². The van der Waals surface area contributed by atoms with Crippen molar-refractivity contribution >= 4 is 21.6 Å². The topological polar surface area (TPSA) is 30.5 Å². The van der Waals surface area contributed by atoms with Crippen LogP contribution in [0.15, 0.2) is 65.1 Å².